The average molecular weight is 223 g/mol. The highest BCUT2D eigenvalue weighted by molar-refractivity contribution is 7.99. The first-order chi connectivity index (χ1) is 7.38. The number of thioether (sulfide) groups is 1. The molecule has 0 bridgehead atoms. The molecule has 82 valence electrons. The lowest BCUT2D eigenvalue weighted by atomic mass is 10.1. The van der Waals surface area contributed by atoms with E-state index in [4.69, 9.17) is 4.74 Å². The Labute approximate surface area is 95.4 Å². The van der Waals surface area contributed by atoms with Gasteiger partial charge in [-0.2, -0.15) is 0 Å². The molecule has 1 N–H and O–H groups in total. The van der Waals surface area contributed by atoms with Gasteiger partial charge in [-0.25, -0.2) is 0 Å². The molecule has 0 radical (unpaired) electrons. The van der Waals surface area contributed by atoms with Gasteiger partial charge >= 0.3 is 0 Å². The quantitative estimate of drug-likeness (QED) is 0.775. The van der Waals surface area contributed by atoms with E-state index in [1.165, 1.54) is 23.7 Å². The van der Waals surface area contributed by atoms with Crippen LogP contribution in [-0.2, 0) is 0 Å². The highest BCUT2D eigenvalue weighted by Crippen LogP contribution is 2.24. The Balaban J connectivity index is 1.80. The molecule has 0 unspecified atom stereocenters. The zero-order valence-corrected chi connectivity index (χ0v) is 9.85. The molecule has 1 aliphatic heterocycles. The molecule has 0 atom stereocenters. The van der Waals surface area contributed by atoms with E-state index in [0.717, 1.165) is 18.3 Å². The van der Waals surface area contributed by atoms with Crippen LogP contribution in [0.15, 0.2) is 29.2 Å². The van der Waals surface area contributed by atoms with Gasteiger partial charge in [0.25, 0.3) is 0 Å². The highest BCUT2D eigenvalue weighted by atomic mass is 32.2. The predicted molar refractivity (Wildman–Crippen MR) is 64.7 cm³/mol. The average Bonchev–Trinajstić information content (AvgIpc) is 2.19. The molecule has 0 aromatic heterocycles. The molecule has 0 spiro atoms. The Bertz CT molecular complexity index is 295. The minimum absolute atomic E-state index is 0.736. The molecule has 2 nitrogen and oxygen atoms in total. The standard InChI is InChI=1S/C12H17NOS/c1-2-14-11-3-5-12(6-4-11)15-9-10-7-13-8-10/h3-6,10,13H,2,7-9H2,1H3. The summed E-state index contributed by atoms with van der Waals surface area (Å²) in [7, 11) is 0. The molecule has 0 amide bonds. The Morgan fingerprint density at radius 3 is 2.60 bits per heavy atom. The van der Waals surface area contributed by atoms with E-state index in [1.54, 1.807) is 0 Å². The molecule has 0 aliphatic carbocycles. The van der Waals surface area contributed by atoms with Gasteiger partial charge in [-0.05, 0) is 50.2 Å². The van der Waals surface area contributed by atoms with Crippen molar-refractivity contribution in [3.63, 3.8) is 0 Å². The van der Waals surface area contributed by atoms with E-state index in [-0.39, 0.29) is 0 Å². The van der Waals surface area contributed by atoms with Gasteiger partial charge in [-0.3, -0.25) is 0 Å². The van der Waals surface area contributed by atoms with Crippen LogP contribution in [0.25, 0.3) is 0 Å². The second kappa shape index (κ2) is 5.42. The van der Waals surface area contributed by atoms with Gasteiger partial charge in [0.2, 0.25) is 0 Å². The lowest BCUT2D eigenvalue weighted by Crippen LogP contribution is -2.43. The van der Waals surface area contributed by atoms with Crippen LogP contribution in [0.3, 0.4) is 0 Å². The third kappa shape index (κ3) is 3.14. The van der Waals surface area contributed by atoms with E-state index < -0.39 is 0 Å². The summed E-state index contributed by atoms with van der Waals surface area (Å²) < 4.78 is 5.40. The molecule has 1 aliphatic rings. The van der Waals surface area contributed by atoms with Crippen molar-refractivity contribution >= 4 is 11.8 Å². The van der Waals surface area contributed by atoms with Crippen LogP contribution in [0.2, 0.25) is 0 Å². The van der Waals surface area contributed by atoms with E-state index in [2.05, 4.69) is 17.4 Å². The smallest absolute Gasteiger partial charge is 0.119 e. The zero-order chi connectivity index (χ0) is 10.5. The SMILES string of the molecule is CCOc1ccc(SCC2CNC2)cc1. The first kappa shape index (κ1) is 10.8. The molecular formula is C12H17NOS. The topological polar surface area (TPSA) is 21.3 Å². The number of hydrogen-bond donors (Lipinski definition) is 1. The molecule has 0 saturated carbocycles. The van der Waals surface area contributed by atoms with Crippen molar-refractivity contribution in [2.45, 2.75) is 11.8 Å². The van der Waals surface area contributed by atoms with Crippen molar-refractivity contribution < 1.29 is 4.74 Å². The Morgan fingerprint density at radius 2 is 2.07 bits per heavy atom. The van der Waals surface area contributed by atoms with Crippen LogP contribution in [-0.4, -0.2) is 25.4 Å². The van der Waals surface area contributed by atoms with Crippen LogP contribution in [0.4, 0.5) is 0 Å². The largest absolute Gasteiger partial charge is 0.494 e. The van der Waals surface area contributed by atoms with Gasteiger partial charge < -0.3 is 10.1 Å². The fraction of sp³-hybridized carbons (Fsp3) is 0.500. The van der Waals surface area contributed by atoms with Gasteiger partial charge in [0.05, 0.1) is 6.61 Å². The van der Waals surface area contributed by atoms with Gasteiger partial charge in [0.1, 0.15) is 5.75 Å². The summed E-state index contributed by atoms with van der Waals surface area (Å²) in [6.45, 7) is 5.11. The molecule has 15 heavy (non-hydrogen) atoms. The lowest BCUT2D eigenvalue weighted by Gasteiger charge is -2.26. The highest BCUT2D eigenvalue weighted by Gasteiger charge is 2.16. The monoisotopic (exact) mass is 223 g/mol. The third-order valence-electron chi connectivity index (χ3n) is 2.49. The molecule has 1 aromatic rings. The maximum atomic E-state index is 5.40. The van der Waals surface area contributed by atoms with Gasteiger partial charge in [0.15, 0.2) is 0 Å². The molecular weight excluding hydrogens is 206 g/mol. The Morgan fingerprint density at radius 1 is 1.33 bits per heavy atom. The van der Waals surface area contributed by atoms with Crippen LogP contribution < -0.4 is 10.1 Å². The number of hydrogen-bond acceptors (Lipinski definition) is 3. The fourth-order valence-corrected chi connectivity index (χ4v) is 2.47. The zero-order valence-electron chi connectivity index (χ0n) is 9.03. The maximum Gasteiger partial charge on any atom is 0.119 e. The van der Waals surface area contributed by atoms with Crippen molar-refractivity contribution in [1.82, 2.24) is 5.32 Å². The summed E-state index contributed by atoms with van der Waals surface area (Å²) in [5.41, 5.74) is 0. The van der Waals surface area contributed by atoms with E-state index in [9.17, 15) is 0 Å². The van der Waals surface area contributed by atoms with Crippen molar-refractivity contribution in [1.29, 1.82) is 0 Å². The Hall–Kier alpha value is -0.670. The number of nitrogens with one attached hydrogen (secondary N) is 1. The molecule has 1 saturated heterocycles. The van der Waals surface area contributed by atoms with Crippen LogP contribution in [0.1, 0.15) is 6.92 Å². The minimum Gasteiger partial charge on any atom is -0.494 e. The predicted octanol–water partition coefficient (Wildman–Crippen LogP) is 2.40. The fourth-order valence-electron chi connectivity index (χ4n) is 1.48. The molecule has 3 heteroatoms. The Kier molecular flexibility index (Phi) is 3.92. The van der Waals surface area contributed by atoms with E-state index >= 15 is 0 Å². The second-order valence-corrected chi connectivity index (χ2v) is 4.83. The second-order valence-electron chi connectivity index (χ2n) is 3.74. The number of benzene rings is 1. The number of rotatable bonds is 5. The first-order valence-corrected chi connectivity index (χ1v) is 6.43. The molecule has 1 fully saturated rings. The van der Waals surface area contributed by atoms with Gasteiger partial charge in [-0.15, -0.1) is 11.8 Å². The van der Waals surface area contributed by atoms with Crippen molar-refractivity contribution in [2.24, 2.45) is 5.92 Å². The third-order valence-corrected chi connectivity index (χ3v) is 3.73. The molecule has 1 aromatic carbocycles. The molecule has 1 heterocycles. The molecule has 2 rings (SSSR count). The van der Waals surface area contributed by atoms with Crippen molar-refractivity contribution in [3.8, 4) is 5.75 Å². The summed E-state index contributed by atoms with van der Waals surface area (Å²) >= 11 is 1.94. The summed E-state index contributed by atoms with van der Waals surface area (Å²) in [6, 6.07) is 8.37. The van der Waals surface area contributed by atoms with Gasteiger partial charge in [-0.1, -0.05) is 0 Å². The minimum atomic E-state index is 0.736. The maximum absolute atomic E-state index is 5.40. The summed E-state index contributed by atoms with van der Waals surface area (Å²) in [5, 5.41) is 3.29. The number of ether oxygens (including phenoxy) is 1. The van der Waals surface area contributed by atoms with E-state index in [0.29, 0.717) is 0 Å². The van der Waals surface area contributed by atoms with Gasteiger partial charge in [0, 0.05) is 10.6 Å². The van der Waals surface area contributed by atoms with Crippen LogP contribution >= 0.6 is 11.8 Å². The van der Waals surface area contributed by atoms with E-state index in [1.807, 2.05) is 30.8 Å². The summed E-state index contributed by atoms with van der Waals surface area (Å²) in [5.74, 6) is 3.05. The van der Waals surface area contributed by atoms with Crippen molar-refractivity contribution in [2.75, 3.05) is 25.4 Å². The summed E-state index contributed by atoms with van der Waals surface area (Å²) in [4.78, 5) is 1.34. The summed E-state index contributed by atoms with van der Waals surface area (Å²) in [6.07, 6.45) is 0. The van der Waals surface area contributed by atoms with Crippen molar-refractivity contribution in [3.05, 3.63) is 24.3 Å². The normalized spacial score (nSPS) is 16.1. The van der Waals surface area contributed by atoms with Crippen LogP contribution in [0.5, 0.6) is 5.75 Å². The first-order valence-electron chi connectivity index (χ1n) is 5.45. The van der Waals surface area contributed by atoms with Crippen LogP contribution in [0, 0.1) is 5.92 Å². The lowest BCUT2D eigenvalue weighted by molar-refractivity contribution is 0.340.